The predicted octanol–water partition coefficient (Wildman–Crippen LogP) is -0.491. The Labute approximate surface area is 121 Å². The summed E-state index contributed by atoms with van der Waals surface area (Å²) in [5.41, 5.74) is 4.10. The molecule has 0 saturated carbocycles. The molecule has 4 N–H and O–H groups in total. The van der Waals surface area contributed by atoms with Crippen molar-refractivity contribution < 1.29 is 14.6 Å². The van der Waals surface area contributed by atoms with Crippen LogP contribution in [0.3, 0.4) is 0 Å². The Kier molecular flexibility index (Phi) is 4.92. The highest BCUT2D eigenvalue weighted by atomic mass is 16.5. The van der Waals surface area contributed by atoms with Gasteiger partial charge < -0.3 is 20.9 Å². The Morgan fingerprint density at radius 1 is 1.62 bits per heavy atom. The van der Waals surface area contributed by atoms with Crippen molar-refractivity contribution in [2.45, 2.75) is 32.4 Å². The molecule has 0 aliphatic carbocycles. The molecule has 1 amide bonds. The number of nitrogens with one attached hydrogen (secondary N) is 1. The van der Waals surface area contributed by atoms with Gasteiger partial charge in [-0.3, -0.25) is 14.2 Å². The molecule has 2 rings (SSSR count). The Morgan fingerprint density at radius 2 is 2.38 bits per heavy atom. The van der Waals surface area contributed by atoms with Crippen LogP contribution < -0.4 is 16.6 Å². The van der Waals surface area contributed by atoms with Crippen molar-refractivity contribution in [1.82, 2.24) is 14.9 Å². The lowest BCUT2D eigenvalue weighted by Crippen LogP contribution is -2.43. The van der Waals surface area contributed by atoms with Gasteiger partial charge in [-0.2, -0.15) is 0 Å². The molecule has 1 unspecified atom stereocenters. The lowest BCUT2D eigenvalue weighted by atomic mass is 10.2. The van der Waals surface area contributed by atoms with Gasteiger partial charge in [-0.05, 0) is 6.42 Å². The number of hydrogen-bond donors (Lipinski definition) is 3. The van der Waals surface area contributed by atoms with E-state index in [4.69, 9.17) is 10.5 Å². The molecule has 1 aromatic heterocycles. The van der Waals surface area contributed by atoms with Gasteiger partial charge in [0, 0.05) is 19.7 Å². The van der Waals surface area contributed by atoms with Crippen molar-refractivity contribution in [2.75, 3.05) is 19.8 Å². The fourth-order valence-electron chi connectivity index (χ4n) is 2.24. The molecule has 8 nitrogen and oxygen atoms in total. The van der Waals surface area contributed by atoms with Crippen molar-refractivity contribution in [3.05, 3.63) is 21.9 Å². The minimum atomic E-state index is -0.927. The van der Waals surface area contributed by atoms with E-state index >= 15 is 0 Å². The summed E-state index contributed by atoms with van der Waals surface area (Å²) in [6, 6.07) is -0.304. The molecule has 0 saturated heterocycles. The maximum absolute atomic E-state index is 12.1. The zero-order chi connectivity index (χ0) is 15.4. The van der Waals surface area contributed by atoms with Crippen molar-refractivity contribution in [2.24, 2.45) is 5.73 Å². The second-order valence-corrected chi connectivity index (χ2v) is 4.92. The van der Waals surface area contributed by atoms with E-state index in [0.717, 1.165) is 12.8 Å². The molecular formula is C13H20N4O4. The number of nitrogens with zero attached hydrogens (tertiary/aromatic N) is 2. The zero-order valence-corrected chi connectivity index (χ0v) is 12.0. The Balaban J connectivity index is 2.29. The number of ether oxygens (including phenoxy) is 1. The molecule has 21 heavy (non-hydrogen) atoms. The number of unbranched alkanes of at least 4 members (excludes halogenated alkanes) is 1. The first-order valence-electron chi connectivity index (χ1n) is 7.00. The maximum atomic E-state index is 12.1. The summed E-state index contributed by atoms with van der Waals surface area (Å²) in [5.74, 6) is -1.25. The van der Waals surface area contributed by atoms with Crippen molar-refractivity contribution in [1.29, 1.82) is 0 Å². The van der Waals surface area contributed by atoms with Gasteiger partial charge >= 0.3 is 0 Å². The number of aromatic nitrogens is 2. The summed E-state index contributed by atoms with van der Waals surface area (Å²) in [4.78, 5) is 27.4. The minimum absolute atomic E-state index is 0.304. The SMILES string of the molecule is CCCCOCC1NCCn2c1nc(C(N)=O)c(O)c2=O. The van der Waals surface area contributed by atoms with Crippen LogP contribution in [0.5, 0.6) is 5.75 Å². The Morgan fingerprint density at radius 3 is 3.05 bits per heavy atom. The van der Waals surface area contributed by atoms with Gasteiger partial charge in [-0.1, -0.05) is 13.3 Å². The van der Waals surface area contributed by atoms with E-state index < -0.39 is 22.9 Å². The second kappa shape index (κ2) is 6.68. The van der Waals surface area contributed by atoms with E-state index in [0.29, 0.717) is 32.1 Å². The van der Waals surface area contributed by atoms with Gasteiger partial charge in [-0.25, -0.2) is 4.98 Å². The average Bonchev–Trinajstić information content (AvgIpc) is 2.47. The molecule has 116 valence electrons. The topological polar surface area (TPSA) is 119 Å². The third kappa shape index (κ3) is 3.22. The average molecular weight is 296 g/mol. The van der Waals surface area contributed by atoms with Crippen LogP contribution in [0.15, 0.2) is 4.79 Å². The molecule has 0 aromatic carbocycles. The van der Waals surface area contributed by atoms with Crippen LogP contribution in [0, 0.1) is 0 Å². The van der Waals surface area contributed by atoms with Crippen LogP contribution in [0.2, 0.25) is 0 Å². The summed E-state index contributed by atoms with van der Waals surface area (Å²) in [6.45, 7) is 3.97. The van der Waals surface area contributed by atoms with E-state index in [1.54, 1.807) is 0 Å². The fraction of sp³-hybridized carbons (Fsp3) is 0.615. The van der Waals surface area contributed by atoms with Gasteiger partial charge in [0.15, 0.2) is 5.69 Å². The summed E-state index contributed by atoms with van der Waals surface area (Å²) in [7, 11) is 0. The van der Waals surface area contributed by atoms with Gasteiger partial charge in [-0.15, -0.1) is 0 Å². The molecule has 0 spiro atoms. The molecular weight excluding hydrogens is 276 g/mol. The smallest absolute Gasteiger partial charge is 0.296 e. The molecule has 1 atom stereocenters. The van der Waals surface area contributed by atoms with Crippen LogP contribution in [-0.2, 0) is 11.3 Å². The molecule has 0 fully saturated rings. The van der Waals surface area contributed by atoms with Crippen LogP contribution in [0.4, 0.5) is 0 Å². The zero-order valence-electron chi connectivity index (χ0n) is 12.0. The quantitative estimate of drug-likeness (QED) is 0.609. The number of carbonyl (C=O) groups excluding carboxylic acids is 1. The van der Waals surface area contributed by atoms with E-state index in [2.05, 4.69) is 17.2 Å². The normalized spacial score (nSPS) is 17.5. The van der Waals surface area contributed by atoms with Crippen LogP contribution in [-0.4, -0.2) is 40.3 Å². The minimum Gasteiger partial charge on any atom is -0.501 e. The molecule has 0 radical (unpaired) electrons. The molecule has 1 aliphatic heterocycles. The van der Waals surface area contributed by atoms with Gasteiger partial charge in [0.25, 0.3) is 11.5 Å². The van der Waals surface area contributed by atoms with Crippen LogP contribution in [0.25, 0.3) is 0 Å². The molecule has 2 heterocycles. The largest absolute Gasteiger partial charge is 0.501 e. The first-order chi connectivity index (χ1) is 10.1. The Hall–Kier alpha value is -1.93. The number of hydrogen-bond acceptors (Lipinski definition) is 6. The number of rotatable bonds is 6. The number of amides is 1. The predicted molar refractivity (Wildman–Crippen MR) is 75.2 cm³/mol. The van der Waals surface area contributed by atoms with Gasteiger partial charge in [0.05, 0.1) is 12.6 Å². The number of fused-ring (bicyclic) bond motifs is 1. The molecule has 1 aliphatic rings. The number of primary amides is 1. The highest BCUT2D eigenvalue weighted by molar-refractivity contribution is 5.93. The first kappa shape index (κ1) is 15.5. The number of carbonyl (C=O) groups is 1. The number of aromatic hydroxyl groups is 1. The Bertz CT molecular complexity index is 584. The summed E-state index contributed by atoms with van der Waals surface area (Å²) >= 11 is 0. The highest BCUT2D eigenvalue weighted by Gasteiger charge is 2.27. The van der Waals surface area contributed by atoms with E-state index in [1.807, 2.05) is 0 Å². The third-order valence-electron chi connectivity index (χ3n) is 3.37. The molecule has 8 heteroatoms. The van der Waals surface area contributed by atoms with E-state index in [-0.39, 0.29) is 6.04 Å². The van der Waals surface area contributed by atoms with Crippen LogP contribution in [0.1, 0.15) is 42.1 Å². The standard InChI is InChI=1S/C13H20N4O4/c1-2-3-6-21-7-8-12-16-9(11(14)19)10(18)13(20)17(12)5-4-15-8/h8,15,18H,2-7H2,1H3,(H2,14,19). The summed E-state index contributed by atoms with van der Waals surface area (Å²) in [5, 5.41) is 12.9. The second-order valence-electron chi connectivity index (χ2n) is 4.92. The van der Waals surface area contributed by atoms with Gasteiger partial charge in [0.1, 0.15) is 5.82 Å². The lowest BCUT2D eigenvalue weighted by molar-refractivity contribution is 0.0968. The molecule has 1 aromatic rings. The van der Waals surface area contributed by atoms with Crippen molar-refractivity contribution >= 4 is 5.91 Å². The van der Waals surface area contributed by atoms with Gasteiger partial charge in [0.2, 0.25) is 5.75 Å². The maximum Gasteiger partial charge on any atom is 0.296 e. The fourth-order valence-corrected chi connectivity index (χ4v) is 2.24. The van der Waals surface area contributed by atoms with Crippen LogP contribution >= 0.6 is 0 Å². The molecule has 0 bridgehead atoms. The first-order valence-corrected chi connectivity index (χ1v) is 7.00. The highest BCUT2D eigenvalue weighted by Crippen LogP contribution is 2.18. The monoisotopic (exact) mass is 296 g/mol. The summed E-state index contributed by atoms with van der Waals surface area (Å²) in [6.07, 6.45) is 1.99. The third-order valence-corrected chi connectivity index (χ3v) is 3.37. The van der Waals surface area contributed by atoms with E-state index in [9.17, 15) is 14.7 Å². The van der Waals surface area contributed by atoms with E-state index in [1.165, 1.54) is 4.57 Å². The summed E-state index contributed by atoms with van der Waals surface area (Å²) < 4.78 is 6.90. The number of nitrogens with two attached hydrogens (primary N) is 1. The van der Waals surface area contributed by atoms with Crippen molar-refractivity contribution in [3.63, 3.8) is 0 Å². The lowest BCUT2D eigenvalue weighted by Gasteiger charge is -2.27. The van der Waals surface area contributed by atoms with Crippen molar-refractivity contribution in [3.8, 4) is 5.75 Å².